The maximum Gasteiger partial charge on any atom is 0.446 e. The van der Waals surface area contributed by atoms with Gasteiger partial charge in [0.2, 0.25) is 0 Å². The molecule has 0 atom stereocenters. The van der Waals surface area contributed by atoms with Crippen LogP contribution in [-0.4, -0.2) is 11.3 Å². The molecule has 1 nitrogen and oxygen atoms in total. The Morgan fingerprint density at radius 1 is 1.44 bits per heavy atom. The van der Waals surface area contributed by atoms with Crippen LogP contribution in [0.25, 0.3) is 0 Å². The van der Waals surface area contributed by atoms with E-state index >= 15 is 0 Å². The largest absolute Gasteiger partial charge is 0.446 e. The van der Waals surface area contributed by atoms with Crippen molar-refractivity contribution in [2.24, 2.45) is 0 Å². The highest BCUT2D eigenvalue weighted by Gasteiger charge is 2.29. The van der Waals surface area contributed by atoms with Crippen molar-refractivity contribution in [2.45, 2.75) is 23.7 Å². The normalized spacial score (nSPS) is 11.6. The highest BCUT2D eigenvalue weighted by atomic mass is 127. The Labute approximate surface area is 109 Å². The van der Waals surface area contributed by atoms with Gasteiger partial charge in [0.25, 0.3) is 0 Å². The van der Waals surface area contributed by atoms with E-state index in [0.29, 0.717) is 9.13 Å². The second kappa shape index (κ2) is 5.39. The van der Waals surface area contributed by atoms with E-state index in [4.69, 9.17) is 0 Å². The average molecular weight is 360 g/mol. The van der Waals surface area contributed by atoms with E-state index in [9.17, 15) is 18.0 Å². The topological polar surface area (TPSA) is 17.1 Å². The van der Waals surface area contributed by atoms with Gasteiger partial charge in [-0.2, -0.15) is 13.2 Å². The zero-order valence-corrected chi connectivity index (χ0v) is 11.2. The molecule has 1 aromatic rings. The molecular weight excluding hydrogens is 352 g/mol. The van der Waals surface area contributed by atoms with Crippen molar-refractivity contribution in [3.8, 4) is 0 Å². The predicted octanol–water partition coefficient (Wildman–Crippen LogP) is 4.50. The molecule has 16 heavy (non-hydrogen) atoms. The molecule has 0 unspecified atom stereocenters. The van der Waals surface area contributed by atoms with Crippen LogP contribution in [-0.2, 0) is 0 Å². The molecule has 0 saturated heterocycles. The van der Waals surface area contributed by atoms with Gasteiger partial charge < -0.3 is 0 Å². The predicted molar refractivity (Wildman–Crippen MR) is 65.7 cm³/mol. The molecule has 0 aliphatic heterocycles. The van der Waals surface area contributed by atoms with Crippen molar-refractivity contribution in [1.29, 1.82) is 0 Å². The Balaban J connectivity index is 3.03. The summed E-state index contributed by atoms with van der Waals surface area (Å²) in [5.74, 6) is -0.144. The SMILES string of the molecule is CCC(=O)c1cc(SC(F)(F)F)ccc1I. The molecule has 0 amide bonds. The smallest absolute Gasteiger partial charge is 0.294 e. The van der Waals surface area contributed by atoms with Gasteiger partial charge in [0, 0.05) is 20.4 Å². The number of rotatable bonds is 3. The van der Waals surface area contributed by atoms with E-state index in [2.05, 4.69) is 0 Å². The number of ketones is 1. The van der Waals surface area contributed by atoms with Gasteiger partial charge in [-0.1, -0.05) is 6.92 Å². The second-order valence-corrected chi connectivity index (χ2v) is 5.27. The Hall–Kier alpha value is -0.240. The minimum absolute atomic E-state index is 0.0460. The third-order valence-electron chi connectivity index (χ3n) is 1.79. The van der Waals surface area contributed by atoms with E-state index in [0.717, 1.165) is 0 Å². The molecule has 0 spiro atoms. The first-order valence-corrected chi connectivity index (χ1v) is 6.31. The van der Waals surface area contributed by atoms with Crippen molar-refractivity contribution < 1.29 is 18.0 Å². The van der Waals surface area contributed by atoms with Crippen LogP contribution in [0.15, 0.2) is 23.1 Å². The lowest BCUT2D eigenvalue weighted by molar-refractivity contribution is -0.0328. The van der Waals surface area contributed by atoms with Gasteiger partial charge in [-0.25, -0.2) is 0 Å². The zero-order valence-electron chi connectivity index (χ0n) is 8.27. The Kier molecular flexibility index (Phi) is 4.66. The first kappa shape index (κ1) is 13.8. The van der Waals surface area contributed by atoms with Crippen LogP contribution in [0.3, 0.4) is 0 Å². The molecule has 0 fully saturated rings. The van der Waals surface area contributed by atoms with Crippen LogP contribution >= 0.6 is 34.4 Å². The molecule has 0 aliphatic carbocycles. The van der Waals surface area contributed by atoms with Gasteiger partial charge in [0.05, 0.1) is 0 Å². The molecule has 0 saturated carbocycles. The highest BCUT2D eigenvalue weighted by molar-refractivity contribution is 14.1. The molecular formula is C10H8F3IOS. The lowest BCUT2D eigenvalue weighted by Gasteiger charge is -2.08. The molecule has 6 heteroatoms. The maximum absolute atomic E-state index is 12.1. The summed E-state index contributed by atoms with van der Waals surface area (Å²) >= 11 is 1.74. The van der Waals surface area contributed by atoms with E-state index in [1.54, 1.807) is 6.92 Å². The van der Waals surface area contributed by atoms with Gasteiger partial charge in [-0.15, -0.1) is 0 Å². The summed E-state index contributed by atoms with van der Waals surface area (Å²) in [4.78, 5) is 11.5. The number of Topliss-reactive ketones (excluding diaryl/α,β-unsaturated/α-hetero) is 1. The summed E-state index contributed by atoms with van der Waals surface area (Å²) in [7, 11) is 0. The molecule has 0 aromatic heterocycles. The standard InChI is InChI=1S/C10H8F3IOS/c1-2-9(15)7-5-6(3-4-8(7)14)16-10(11,12)13/h3-5H,2H2,1H3. The van der Waals surface area contributed by atoms with Gasteiger partial charge in [0.1, 0.15) is 0 Å². The van der Waals surface area contributed by atoms with Crippen molar-refractivity contribution in [3.05, 3.63) is 27.3 Å². The fourth-order valence-corrected chi connectivity index (χ4v) is 2.32. The van der Waals surface area contributed by atoms with E-state index in [1.807, 2.05) is 22.6 Å². The summed E-state index contributed by atoms with van der Waals surface area (Å²) in [5, 5.41) is 0. The maximum atomic E-state index is 12.1. The highest BCUT2D eigenvalue weighted by Crippen LogP contribution is 2.37. The summed E-state index contributed by atoms with van der Waals surface area (Å²) in [6.45, 7) is 1.68. The monoisotopic (exact) mass is 360 g/mol. The molecule has 1 aromatic carbocycles. The number of hydrogen-bond donors (Lipinski definition) is 0. The number of hydrogen-bond acceptors (Lipinski definition) is 2. The number of carbonyl (C=O) groups excluding carboxylic acids is 1. The molecule has 1 rings (SSSR count). The lowest BCUT2D eigenvalue weighted by Crippen LogP contribution is -2.02. The van der Waals surface area contributed by atoms with Crippen LogP contribution in [0, 0.1) is 3.57 Å². The fourth-order valence-electron chi connectivity index (χ4n) is 1.11. The van der Waals surface area contributed by atoms with Crippen molar-refractivity contribution >= 4 is 40.1 Å². The molecule has 0 heterocycles. The Bertz CT molecular complexity index is 404. The third kappa shape index (κ3) is 3.97. The number of halogens is 4. The van der Waals surface area contributed by atoms with Crippen LogP contribution in [0.4, 0.5) is 13.2 Å². The summed E-state index contributed by atoms with van der Waals surface area (Å²) in [6.07, 6.45) is 0.288. The van der Waals surface area contributed by atoms with Gasteiger partial charge in [0.15, 0.2) is 5.78 Å². The summed E-state index contributed by atoms with van der Waals surface area (Å²) < 4.78 is 37.1. The Morgan fingerprint density at radius 2 is 2.06 bits per heavy atom. The quantitative estimate of drug-likeness (QED) is 0.449. The average Bonchev–Trinajstić information content (AvgIpc) is 2.18. The van der Waals surface area contributed by atoms with Gasteiger partial charge in [-0.3, -0.25) is 4.79 Å². The minimum atomic E-state index is -4.32. The summed E-state index contributed by atoms with van der Waals surface area (Å²) in [6, 6.07) is 4.19. The first-order chi connectivity index (χ1) is 7.33. The van der Waals surface area contributed by atoms with Crippen molar-refractivity contribution in [2.75, 3.05) is 0 Å². The molecule has 88 valence electrons. The van der Waals surface area contributed by atoms with E-state index in [1.165, 1.54) is 18.2 Å². The molecule has 0 bridgehead atoms. The van der Waals surface area contributed by atoms with Crippen molar-refractivity contribution in [1.82, 2.24) is 0 Å². The third-order valence-corrected chi connectivity index (χ3v) is 3.45. The van der Waals surface area contributed by atoms with Crippen LogP contribution in [0.1, 0.15) is 23.7 Å². The number of benzene rings is 1. The van der Waals surface area contributed by atoms with Gasteiger partial charge in [-0.05, 0) is 52.6 Å². The molecule has 0 aliphatic rings. The minimum Gasteiger partial charge on any atom is -0.294 e. The molecule has 0 radical (unpaired) electrons. The zero-order chi connectivity index (χ0) is 12.3. The molecule has 0 N–H and O–H groups in total. The summed E-state index contributed by atoms with van der Waals surface area (Å²) in [5.41, 5.74) is -3.96. The van der Waals surface area contributed by atoms with E-state index < -0.39 is 5.51 Å². The van der Waals surface area contributed by atoms with Crippen LogP contribution < -0.4 is 0 Å². The second-order valence-electron chi connectivity index (χ2n) is 2.97. The van der Waals surface area contributed by atoms with Crippen LogP contribution in [0.2, 0.25) is 0 Å². The van der Waals surface area contributed by atoms with Gasteiger partial charge >= 0.3 is 5.51 Å². The van der Waals surface area contributed by atoms with Crippen molar-refractivity contribution in [3.63, 3.8) is 0 Å². The lowest BCUT2D eigenvalue weighted by atomic mass is 10.1. The Morgan fingerprint density at radius 3 is 2.56 bits per heavy atom. The fraction of sp³-hybridized carbons (Fsp3) is 0.300. The number of alkyl halides is 3. The van der Waals surface area contributed by atoms with E-state index in [-0.39, 0.29) is 28.9 Å². The first-order valence-electron chi connectivity index (χ1n) is 4.42. The number of carbonyl (C=O) groups is 1. The van der Waals surface area contributed by atoms with Crippen LogP contribution in [0.5, 0.6) is 0 Å². The number of thioether (sulfide) groups is 1.